The molecule has 5 atom stereocenters. The summed E-state index contributed by atoms with van der Waals surface area (Å²) in [6.07, 6.45) is 0.301. The van der Waals surface area contributed by atoms with Crippen molar-refractivity contribution >= 4 is 35.4 Å². The van der Waals surface area contributed by atoms with Crippen molar-refractivity contribution in [3.05, 3.63) is 0 Å². The molecule has 12 nitrogen and oxygen atoms in total. The highest BCUT2D eigenvalue weighted by atomic mass is 16.4. The Hall–Kier alpha value is -2.86. The van der Waals surface area contributed by atoms with Crippen molar-refractivity contribution in [2.45, 2.75) is 77.6 Å². The van der Waals surface area contributed by atoms with Crippen molar-refractivity contribution in [3.63, 3.8) is 0 Å². The van der Waals surface area contributed by atoms with Gasteiger partial charge in [0, 0.05) is 25.2 Å². The van der Waals surface area contributed by atoms with Crippen LogP contribution in [0.4, 0.5) is 0 Å². The van der Waals surface area contributed by atoms with Crippen LogP contribution in [0.1, 0.15) is 77.6 Å². The van der Waals surface area contributed by atoms with E-state index in [9.17, 15) is 49.2 Å². The molecule has 0 radical (unpaired) electrons. The van der Waals surface area contributed by atoms with Crippen LogP contribution in [0.15, 0.2) is 0 Å². The molecule has 8 N–H and O–H groups in total. The molecule has 0 saturated carbocycles. The maximum atomic E-state index is 12.8. The lowest BCUT2D eigenvalue weighted by molar-refractivity contribution is -0.155. The lowest BCUT2D eigenvalue weighted by Crippen LogP contribution is -2.34. The van der Waals surface area contributed by atoms with Gasteiger partial charge >= 0.3 is 23.9 Å². The van der Waals surface area contributed by atoms with Gasteiger partial charge in [-0.25, -0.2) is 0 Å². The number of ketones is 2. The zero-order valence-corrected chi connectivity index (χ0v) is 21.5. The Balaban J connectivity index is 5.70. The van der Waals surface area contributed by atoms with E-state index in [4.69, 9.17) is 11.5 Å². The monoisotopic (exact) mass is 530 g/mol. The maximum absolute atomic E-state index is 12.8. The summed E-state index contributed by atoms with van der Waals surface area (Å²) in [5, 5.41) is 38.7. The minimum Gasteiger partial charge on any atom is -0.481 e. The lowest BCUT2D eigenvalue weighted by Gasteiger charge is -2.26. The fourth-order valence-corrected chi connectivity index (χ4v) is 4.58. The van der Waals surface area contributed by atoms with E-state index in [1.54, 1.807) is 6.92 Å². The van der Waals surface area contributed by atoms with Crippen LogP contribution in [-0.4, -0.2) is 69.0 Å². The van der Waals surface area contributed by atoms with Crippen LogP contribution >= 0.6 is 0 Å². The zero-order chi connectivity index (χ0) is 28.5. The Morgan fingerprint density at radius 3 is 1.46 bits per heavy atom. The Bertz CT molecular complexity index is 785. The largest absolute Gasteiger partial charge is 0.481 e. The number of carbonyl (C=O) groups is 6. The van der Waals surface area contributed by atoms with Gasteiger partial charge in [0.25, 0.3) is 0 Å². The summed E-state index contributed by atoms with van der Waals surface area (Å²) in [5.41, 5.74) is 10.8. The summed E-state index contributed by atoms with van der Waals surface area (Å²) in [6.45, 7) is 2.25. The van der Waals surface area contributed by atoms with Gasteiger partial charge in [-0.15, -0.1) is 0 Å². The third-order valence-electron chi connectivity index (χ3n) is 6.66. The molecule has 0 spiro atoms. The molecule has 0 aliphatic carbocycles. The number of carboxylic acids is 4. The van der Waals surface area contributed by atoms with E-state index in [1.165, 1.54) is 0 Å². The molecular formula is C25H42N2O10. The first-order chi connectivity index (χ1) is 17.4. The first-order valence-electron chi connectivity index (χ1n) is 12.8. The molecule has 0 rings (SSSR count). The molecule has 0 aromatic rings. The topological polar surface area (TPSA) is 235 Å². The minimum atomic E-state index is -1.48. The molecule has 0 aromatic carbocycles. The number of nitrogens with two attached hydrogens (primary N) is 2. The minimum absolute atomic E-state index is 0.0350. The maximum Gasteiger partial charge on any atom is 0.307 e. The van der Waals surface area contributed by atoms with Crippen LogP contribution in [0, 0.1) is 29.6 Å². The molecule has 0 aliphatic heterocycles. The molecule has 37 heavy (non-hydrogen) atoms. The zero-order valence-electron chi connectivity index (χ0n) is 21.5. The third-order valence-corrected chi connectivity index (χ3v) is 6.66. The molecule has 12 heteroatoms. The number of hydrogen-bond donors (Lipinski definition) is 6. The molecule has 0 fully saturated rings. The molecule has 0 amide bonds. The van der Waals surface area contributed by atoms with E-state index in [0.717, 1.165) is 0 Å². The number of rotatable bonds is 23. The van der Waals surface area contributed by atoms with Crippen molar-refractivity contribution < 1.29 is 49.2 Å². The van der Waals surface area contributed by atoms with Crippen LogP contribution in [0.3, 0.4) is 0 Å². The van der Waals surface area contributed by atoms with Crippen molar-refractivity contribution in [2.24, 2.45) is 41.1 Å². The van der Waals surface area contributed by atoms with Crippen molar-refractivity contribution in [2.75, 3.05) is 13.1 Å². The first kappa shape index (κ1) is 34.1. The van der Waals surface area contributed by atoms with Crippen LogP contribution in [-0.2, 0) is 28.8 Å². The van der Waals surface area contributed by atoms with E-state index in [-0.39, 0.29) is 76.0 Å². The van der Waals surface area contributed by atoms with Gasteiger partial charge in [0.05, 0.1) is 23.7 Å². The Morgan fingerprint density at radius 1 is 0.595 bits per heavy atom. The Kier molecular flexibility index (Phi) is 17.0. The van der Waals surface area contributed by atoms with Gasteiger partial charge in [-0.3, -0.25) is 28.8 Å². The predicted molar refractivity (Wildman–Crippen MR) is 133 cm³/mol. The standard InChI is InChI=1S/C25H42N2O10/c1-2-5-18(23(32)33)17(21(29)7-4-13-27)10-11-20(25(36)37)19(24(34)35)9-8-15(22(30)31)14-16(28)6-3-12-26/h15,17-20H,2-14,26-27H2,1H3,(H,30,31)(H,32,33)(H,34,35)(H,36,37). The number of Topliss-reactive ketones (excluding diaryl/α,β-unsaturated/α-hetero) is 2. The number of carboxylic acid groups (broad SMARTS) is 4. The molecule has 0 heterocycles. The summed E-state index contributed by atoms with van der Waals surface area (Å²) in [5.74, 6) is -12.2. The lowest BCUT2D eigenvalue weighted by atomic mass is 9.76. The van der Waals surface area contributed by atoms with Gasteiger partial charge in [0.15, 0.2) is 0 Å². The fourth-order valence-electron chi connectivity index (χ4n) is 4.58. The quantitative estimate of drug-likeness (QED) is 0.111. The van der Waals surface area contributed by atoms with Crippen LogP contribution in [0.25, 0.3) is 0 Å². The van der Waals surface area contributed by atoms with Gasteiger partial charge < -0.3 is 31.9 Å². The Morgan fingerprint density at radius 2 is 1.03 bits per heavy atom. The summed E-state index contributed by atoms with van der Waals surface area (Å²) < 4.78 is 0. The third kappa shape index (κ3) is 12.8. The van der Waals surface area contributed by atoms with Gasteiger partial charge in [-0.05, 0) is 58.0 Å². The summed E-state index contributed by atoms with van der Waals surface area (Å²) >= 11 is 0. The highest BCUT2D eigenvalue weighted by Gasteiger charge is 2.38. The number of hydrogen-bond acceptors (Lipinski definition) is 8. The smallest absolute Gasteiger partial charge is 0.307 e. The average Bonchev–Trinajstić information content (AvgIpc) is 2.82. The van der Waals surface area contributed by atoms with Crippen molar-refractivity contribution in [1.29, 1.82) is 0 Å². The van der Waals surface area contributed by atoms with E-state index in [0.29, 0.717) is 19.3 Å². The van der Waals surface area contributed by atoms with E-state index >= 15 is 0 Å². The molecule has 0 saturated heterocycles. The highest BCUT2D eigenvalue weighted by molar-refractivity contribution is 5.86. The summed E-state index contributed by atoms with van der Waals surface area (Å²) in [7, 11) is 0. The van der Waals surface area contributed by atoms with Crippen molar-refractivity contribution in [1.82, 2.24) is 0 Å². The second kappa shape index (κ2) is 18.4. The molecule has 0 bridgehead atoms. The SMILES string of the molecule is CCCC(C(=O)O)C(CCC(C(=O)O)C(CCC(CC(=O)CCCN)C(=O)O)C(=O)O)C(=O)CCCN. The average molecular weight is 531 g/mol. The van der Waals surface area contributed by atoms with E-state index in [1.807, 2.05) is 0 Å². The fraction of sp³-hybridized carbons (Fsp3) is 0.760. The number of carbonyl (C=O) groups excluding carboxylic acids is 2. The predicted octanol–water partition coefficient (Wildman–Crippen LogP) is 1.77. The van der Waals surface area contributed by atoms with Gasteiger partial charge in [-0.1, -0.05) is 13.3 Å². The second-order valence-corrected chi connectivity index (χ2v) is 9.41. The van der Waals surface area contributed by atoms with E-state index < -0.39 is 53.5 Å². The summed E-state index contributed by atoms with van der Waals surface area (Å²) in [4.78, 5) is 72.3. The molecule has 0 aliphatic rings. The molecular weight excluding hydrogens is 488 g/mol. The normalized spacial score (nSPS) is 15.2. The number of aliphatic carboxylic acids is 4. The van der Waals surface area contributed by atoms with Gasteiger partial charge in [-0.2, -0.15) is 0 Å². The second-order valence-electron chi connectivity index (χ2n) is 9.41. The van der Waals surface area contributed by atoms with Gasteiger partial charge in [0.2, 0.25) is 0 Å². The molecule has 212 valence electrons. The van der Waals surface area contributed by atoms with Crippen molar-refractivity contribution in [3.8, 4) is 0 Å². The summed E-state index contributed by atoms with van der Waals surface area (Å²) in [6, 6.07) is 0. The first-order valence-corrected chi connectivity index (χ1v) is 12.8. The Labute approximate surface area is 216 Å². The molecule has 0 aromatic heterocycles. The van der Waals surface area contributed by atoms with Crippen LogP contribution in [0.5, 0.6) is 0 Å². The highest BCUT2D eigenvalue weighted by Crippen LogP contribution is 2.32. The van der Waals surface area contributed by atoms with Crippen LogP contribution < -0.4 is 11.5 Å². The molecule has 5 unspecified atom stereocenters. The van der Waals surface area contributed by atoms with Gasteiger partial charge in [0.1, 0.15) is 11.6 Å². The van der Waals surface area contributed by atoms with E-state index in [2.05, 4.69) is 0 Å². The van der Waals surface area contributed by atoms with Crippen LogP contribution in [0.2, 0.25) is 0 Å².